The molecule has 0 aliphatic heterocycles. The monoisotopic (exact) mass is 219 g/mol. The molecule has 1 rings (SSSR count). The van der Waals surface area contributed by atoms with Crippen molar-refractivity contribution in [3.05, 3.63) is 35.1 Å². The Morgan fingerprint density at radius 2 is 2.25 bits per heavy atom. The molecule has 1 aromatic carbocycles. The van der Waals surface area contributed by atoms with Crippen molar-refractivity contribution in [1.82, 2.24) is 0 Å². The van der Waals surface area contributed by atoms with E-state index >= 15 is 0 Å². The lowest BCUT2D eigenvalue weighted by molar-refractivity contribution is 0.0943. The van der Waals surface area contributed by atoms with Crippen LogP contribution in [0, 0.1) is 30.0 Å². The highest BCUT2D eigenvalue weighted by Crippen LogP contribution is 2.17. The minimum Gasteiger partial charge on any atom is -0.293 e. The maximum absolute atomic E-state index is 12.9. The molecule has 0 heterocycles. The number of hydrogen-bond acceptors (Lipinski definition) is 2. The van der Waals surface area contributed by atoms with Crippen molar-refractivity contribution in [1.29, 1.82) is 5.26 Å². The molecule has 0 bridgehead atoms. The zero-order valence-corrected chi connectivity index (χ0v) is 9.46. The maximum Gasteiger partial charge on any atom is 0.180 e. The van der Waals surface area contributed by atoms with E-state index in [-0.39, 0.29) is 11.6 Å². The Bertz CT molecular complexity index is 434. The lowest BCUT2D eigenvalue weighted by Gasteiger charge is -2.09. The number of rotatable bonds is 4. The quantitative estimate of drug-likeness (QED) is 0.729. The second-order valence-corrected chi connectivity index (χ2v) is 3.79. The highest BCUT2D eigenvalue weighted by molar-refractivity contribution is 6.00. The summed E-state index contributed by atoms with van der Waals surface area (Å²) in [6.45, 7) is 3.60. The second-order valence-electron chi connectivity index (χ2n) is 3.79. The molecular formula is C13H14FNO. The summed E-state index contributed by atoms with van der Waals surface area (Å²) in [6, 6.07) is 6.01. The van der Waals surface area contributed by atoms with Crippen LogP contribution in [0.5, 0.6) is 0 Å². The zero-order chi connectivity index (χ0) is 12.1. The van der Waals surface area contributed by atoms with Crippen LogP contribution in [0.25, 0.3) is 0 Å². The minimum absolute atomic E-state index is 0.207. The first kappa shape index (κ1) is 12.4. The van der Waals surface area contributed by atoms with E-state index in [0.29, 0.717) is 17.5 Å². The summed E-state index contributed by atoms with van der Waals surface area (Å²) in [5, 5.41) is 8.89. The Kier molecular flexibility index (Phi) is 4.19. The third-order valence-electron chi connectivity index (χ3n) is 2.50. The minimum atomic E-state index is -0.617. The number of nitrogens with zero attached hydrogens (tertiary/aromatic N) is 1. The normalized spacial score (nSPS) is 11.9. The lowest BCUT2D eigenvalue weighted by atomic mass is 9.92. The van der Waals surface area contributed by atoms with E-state index in [1.165, 1.54) is 18.2 Å². The van der Waals surface area contributed by atoms with Gasteiger partial charge in [0, 0.05) is 5.56 Å². The lowest BCUT2D eigenvalue weighted by Crippen LogP contribution is -2.14. The third kappa shape index (κ3) is 2.66. The van der Waals surface area contributed by atoms with Crippen molar-refractivity contribution in [3.8, 4) is 6.07 Å². The van der Waals surface area contributed by atoms with Gasteiger partial charge in [-0.1, -0.05) is 13.3 Å². The van der Waals surface area contributed by atoms with E-state index in [0.717, 1.165) is 6.42 Å². The highest BCUT2D eigenvalue weighted by atomic mass is 19.1. The van der Waals surface area contributed by atoms with Crippen LogP contribution in [-0.2, 0) is 0 Å². The number of ketones is 1. The van der Waals surface area contributed by atoms with Crippen molar-refractivity contribution in [2.24, 2.45) is 5.92 Å². The average molecular weight is 219 g/mol. The van der Waals surface area contributed by atoms with Crippen LogP contribution >= 0.6 is 0 Å². The molecule has 84 valence electrons. The summed E-state index contributed by atoms with van der Waals surface area (Å²) in [7, 11) is 0. The largest absolute Gasteiger partial charge is 0.293 e. The fraction of sp³-hybridized carbons (Fsp3) is 0.385. The standard InChI is InChI=1S/C13H14FNO/c1-3-4-10(8-15)13(16)12-6-5-11(14)7-9(12)2/h5-7,10H,3-4H2,1-2H3. The van der Waals surface area contributed by atoms with Gasteiger partial charge in [-0.3, -0.25) is 4.79 Å². The van der Waals surface area contributed by atoms with Crippen LogP contribution < -0.4 is 0 Å². The summed E-state index contributed by atoms with van der Waals surface area (Å²) in [6.07, 6.45) is 1.33. The predicted molar refractivity (Wildman–Crippen MR) is 59.5 cm³/mol. The molecule has 0 amide bonds. The summed E-state index contributed by atoms with van der Waals surface area (Å²) < 4.78 is 12.9. The van der Waals surface area contributed by atoms with Crippen molar-refractivity contribution in [2.45, 2.75) is 26.7 Å². The Labute approximate surface area is 94.7 Å². The van der Waals surface area contributed by atoms with Gasteiger partial charge in [-0.25, -0.2) is 4.39 Å². The Hall–Kier alpha value is -1.69. The smallest absolute Gasteiger partial charge is 0.180 e. The number of carbonyl (C=O) groups is 1. The molecule has 0 saturated carbocycles. The fourth-order valence-electron chi connectivity index (χ4n) is 1.63. The van der Waals surface area contributed by atoms with Crippen LogP contribution in [0.15, 0.2) is 18.2 Å². The molecule has 2 nitrogen and oxygen atoms in total. The fourth-order valence-corrected chi connectivity index (χ4v) is 1.63. The first-order valence-electron chi connectivity index (χ1n) is 5.30. The van der Waals surface area contributed by atoms with Gasteiger partial charge in [0.05, 0.1) is 6.07 Å². The highest BCUT2D eigenvalue weighted by Gasteiger charge is 2.20. The van der Waals surface area contributed by atoms with E-state index < -0.39 is 5.92 Å². The molecule has 1 aromatic rings. The van der Waals surface area contributed by atoms with Gasteiger partial charge in [0.2, 0.25) is 0 Å². The Morgan fingerprint density at radius 3 is 2.75 bits per heavy atom. The van der Waals surface area contributed by atoms with Crippen LogP contribution in [0.1, 0.15) is 35.7 Å². The van der Waals surface area contributed by atoms with Crippen molar-refractivity contribution < 1.29 is 9.18 Å². The van der Waals surface area contributed by atoms with Gasteiger partial charge in [-0.05, 0) is 37.1 Å². The topological polar surface area (TPSA) is 40.9 Å². The molecule has 16 heavy (non-hydrogen) atoms. The van der Waals surface area contributed by atoms with Gasteiger partial charge in [0.15, 0.2) is 5.78 Å². The van der Waals surface area contributed by atoms with Gasteiger partial charge in [-0.2, -0.15) is 5.26 Å². The molecule has 0 aromatic heterocycles. The molecule has 0 radical (unpaired) electrons. The van der Waals surface area contributed by atoms with Crippen LogP contribution in [0.3, 0.4) is 0 Å². The summed E-state index contributed by atoms with van der Waals surface area (Å²) in [5.41, 5.74) is 1.03. The van der Waals surface area contributed by atoms with Gasteiger partial charge < -0.3 is 0 Å². The number of aryl methyl sites for hydroxylation is 1. The number of nitriles is 1. The molecule has 0 aliphatic rings. The van der Waals surface area contributed by atoms with Crippen molar-refractivity contribution in [3.63, 3.8) is 0 Å². The zero-order valence-electron chi connectivity index (χ0n) is 9.46. The second kappa shape index (κ2) is 5.41. The molecule has 3 heteroatoms. The molecule has 0 saturated heterocycles. The molecule has 1 unspecified atom stereocenters. The van der Waals surface area contributed by atoms with Gasteiger partial charge in [0.1, 0.15) is 11.7 Å². The summed E-state index contributed by atoms with van der Waals surface area (Å²) >= 11 is 0. The first-order valence-corrected chi connectivity index (χ1v) is 5.30. The number of hydrogen-bond donors (Lipinski definition) is 0. The van der Waals surface area contributed by atoms with E-state index in [2.05, 4.69) is 0 Å². The van der Waals surface area contributed by atoms with Crippen molar-refractivity contribution >= 4 is 5.78 Å². The third-order valence-corrected chi connectivity index (χ3v) is 2.50. The van der Waals surface area contributed by atoms with Crippen LogP contribution in [0.2, 0.25) is 0 Å². The number of carbonyl (C=O) groups excluding carboxylic acids is 1. The summed E-state index contributed by atoms with van der Waals surface area (Å²) in [4.78, 5) is 12.0. The van der Waals surface area contributed by atoms with E-state index in [1.807, 2.05) is 13.0 Å². The first-order chi connectivity index (χ1) is 7.60. The SMILES string of the molecule is CCCC(C#N)C(=O)c1ccc(F)cc1C. The average Bonchev–Trinajstić information content (AvgIpc) is 2.25. The number of halogens is 1. The maximum atomic E-state index is 12.9. The molecule has 0 spiro atoms. The molecular weight excluding hydrogens is 205 g/mol. The Morgan fingerprint density at radius 1 is 1.56 bits per heavy atom. The van der Waals surface area contributed by atoms with E-state index in [1.54, 1.807) is 6.92 Å². The van der Waals surface area contributed by atoms with Crippen molar-refractivity contribution in [2.75, 3.05) is 0 Å². The van der Waals surface area contributed by atoms with E-state index in [4.69, 9.17) is 5.26 Å². The number of benzene rings is 1. The van der Waals surface area contributed by atoms with Crippen LogP contribution in [-0.4, -0.2) is 5.78 Å². The summed E-state index contributed by atoms with van der Waals surface area (Å²) in [5.74, 6) is -1.19. The van der Waals surface area contributed by atoms with Gasteiger partial charge >= 0.3 is 0 Å². The van der Waals surface area contributed by atoms with Crippen LogP contribution in [0.4, 0.5) is 4.39 Å². The Balaban J connectivity index is 3.00. The molecule has 0 aliphatic carbocycles. The van der Waals surface area contributed by atoms with E-state index in [9.17, 15) is 9.18 Å². The molecule has 0 N–H and O–H groups in total. The predicted octanol–water partition coefficient (Wildman–Crippen LogP) is 3.26. The molecule has 0 fully saturated rings. The number of Topliss-reactive ketones (excluding diaryl/α,β-unsaturated/α-hetero) is 1. The van der Waals surface area contributed by atoms with Gasteiger partial charge in [-0.15, -0.1) is 0 Å². The molecule has 1 atom stereocenters. The van der Waals surface area contributed by atoms with Gasteiger partial charge in [0.25, 0.3) is 0 Å².